The lowest BCUT2D eigenvalue weighted by molar-refractivity contribution is -0.123. The Hall–Kier alpha value is -1.37. The average molecular weight is 287 g/mol. The van der Waals surface area contributed by atoms with Crippen molar-refractivity contribution in [2.24, 2.45) is 0 Å². The van der Waals surface area contributed by atoms with E-state index in [-0.39, 0.29) is 25.0 Å². The number of aliphatic hydroxyl groups is 3. The molecule has 0 saturated heterocycles. The third-order valence-electron chi connectivity index (χ3n) is 1.05. The van der Waals surface area contributed by atoms with Gasteiger partial charge in [-0.2, -0.15) is 8.42 Å². The second-order valence-electron chi connectivity index (χ2n) is 2.65. The lowest BCUT2D eigenvalue weighted by atomic mass is 10.4. The summed E-state index contributed by atoms with van der Waals surface area (Å²) in [7, 11) is -4.67. The van der Waals surface area contributed by atoms with Gasteiger partial charge in [-0.25, -0.2) is 0 Å². The monoisotopic (exact) mass is 287 g/mol. The summed E-state index contributed by atoms with van der Waals surface area (Å²) in [6, 6.07) is 0. The summed E-state index contributed by atoms with van der Waals surface area (Å²) in [6.45, 7) is -0.729. The van der Waals surface area contributed by atoms with Crippen molar-refractivity contribution in [1.29, 1.82) is 0 Å². The zero-order chi connectivity index (χ0) is 14.8. The number of aliphatic hydroxyl groups excluding tert-OH is 3. The SMILES string of the molecule is O=C1C=CC(=O)N1.O=S(=O)(O)O.OCC(O)CO. The summed E-state index contributed by atoms with van der Waals surface area (Å²) in [5.41, 5.74) is 0. The normalized spacial score (nSPS) is 13.4. The van der Waals surface area contributed by atoms with Gasteiger partial charge in [0.25, 0.3) is 11.8 Å². The fourth-order valence-corrected chi connectivity index (χ4v) is 0.414. The molecule has 0 aromatic rings. The Morgan fingerprint density at radius 3 is 1.39 bits per heavy atom. The molecule has 0 aromatic heterocycles. The predicted octanol–water partition coefficient (Wildman–Crippen LogP) is -3.12. The van der Waals surface area contributed by atoms with E-state index in [4.69, 9.17) is 32.8 Å². The van der Waals surface area contributed by atoms with Crippen LogP contribution in [0.1, 0.15) is 0 Å². The highest BCUT2D eigenvalue weighted by atomic mass is 32.3. The van der Waals surface area contributed by atoms with Crippen LogP contribution in [0.25, 0.3) is 0 Å². The number of rotatable bonds is 2. The van der Waals surface area contributed by atoms with Crippen molar-refractivity contribution in [3.8, 4) is 0 Å². The van der Waals surface area contributed by atoms with Crippen LogP contribution in [-0.4, -0.2) is 64.0 Å². The van der Waals surface area contributed by atoms with Crippen LogP contribution in [0.3, 0.4) is 0 Å². The Morgan fingerprint density at radius 2 is 1.33 bits per heavy atom. The fourth-order valence-electron chi connectivity index (χ4n) is 0.414. The van der Waals surface area contributed by atoms with Crippen molar-refractivity contribution in [3.05, 3.63) is 12.2 Å². The highest BCUT2D eigenvalue weighted by Gasteiger charge is 2.06. The molecule has 0 unspecified atom stereocenters. The molecule has 0 fully saturated rings. The Bertz CT molecular complexity index is 360. The second kappa shape index (κ2) is 9.64. The number of amides is 2. The van der Waals surface area contributed by atoms with Crippen molar-refractivity contribution in [2.45, 2.75) is 6.10 Å². The Labute approximate surface area is 102 Å². The van der Waals surface area contributed by atoms with Crippen LogP contribution < -0.4 is 5.32 Å². The molecule has 2 amide bonds. The van der Waals surface area contributed by atoms with E-state index >= 15 is 0 Å². The second-order valence-corrected chi connectivity index (χ2v) is 3.55. The molecule has 11 heteroatoms. The van der Waals surface area contributed by atoms with Gasteiger partial charge in [-0.1, -0.05) is 0 Å². The number of nitrogens with one attached hydrogen (secondary N) is 1. The third kappa shape index (κ3) is 20.1. The van der Waals surface area contributed by atoms with Gasteiger partial charge in [-0.15, -0.1) is 0 Å². The van der Waals surface area contributed by atoms with Gasteiger partial charge >= 0.3 is 10.4 Å². The Morgan fingerprint density at radius 1 is 1.06 bits per heavy atom. The van der Waals surface area contributed by atoms with Gasteiger partial charge in [0.1, 0.15) is 6.10 Å². The van der Waals surface area contributed by atoms with Crippen LogP contribution >= 0.6 is 0 Å². The molecule has 0 bridgehead atoms. The molecule has 1 rings (SSSR count). The minimum Gasteiger partial charge on any atom is -0.394 e. The first kappa shape index (κ1) is 19.0. The molecule has 0 spiro atoms. The van der Waals surface area contributed by atoms with Gasteiger partial charge in [0.15, 0.2) is 0 Å². The summed E-state index contributed by atoms with van der Waals surface area (Å²) in [4.78, 5) is 20.1. The smallest absolute Gasteiger partial charge is 0.394 e. The van der Waals surface area contributed by atoms with Crippen molar-refractivity contribution in [3.63, 3.8) is 0 Å². The van der Waals surface area contributed by atoms with Gasteiger partial charge in [-0.3, -0.25) is 24.0 Å². The summed E-state index contributed by atoms with van der Waals surface area (Å²) < 4.78 is 31.6. The molecule has 18 heavy (non-hydrogen) atoms. The minimum absolute atomic E-state index is 0.329. The number of hydrogen-bond donors (Lipinski definition) is 6. The molecular formula is C7H13NO9S. The quantitative estimate of drug-likeness (QED) is 0.226. The van der Waals surface area contributed by atoms with Gasteiger partial charge < -0.3 is 15.3 Å². The minimum atomic E-state index is -4.67. The van der Waals surface area contributed by atoms with Gasteiger partial charge in [0.05, 0.1) is 13.2 Å². The Kier molecular flexibility index (Phi) is 10.2. The van der Waals surface area contributed by atoms with E-state index in [2.05, 4.69) is 0 Å². The molecule has 6 N–H and O–H groups in total. The first-order valence-corrected chi connectivity index (χ1v) is 5.62. The number of carbonyl (C=O) groups excluding carboxylic acids is 2. The van der Waals surface area contributed by atoms with Crippen molar-refractivity contribution < 1.29 is 42.4 Å². The van der Waals surface area contributed by atoms with E-state index in [1.165, 1.54) is 12.2 Å². The van der Waals surface area contributed by atoms with Gasteiger partial charge in [-0.05, 0) is 0 Å². The van der Waals surface area contributed by atoms with E-state index in [1.54, 1.807) is 0 Å². The van der Waals surface area contributed by atoms with E-state index in [0.717, 1.165) is 0 Å². The number of hydrogen-bond acceptors (Lipinski definition) is 7. The molecule has 1 aliphatic heterocycles. The van der Waals surface area contributed by atoms with Crippen LogP contribution in [0.4, 0.5) is 0 Å². The van der Waals surface area contributed by atoms with E-state index in [1.807, 2.05) is 5.32 Å². The maximum atomic E-state index is 10.0. The van der Waals surface area contributed by atoms with Crippen LogP contribution in [0.5, 0.6) is 0 Å². The zero-order valence-corrected chi connectivity index (χ0v) is 9.74. The summed E-state index contributed by atoms with van der Waals surface area (Å²) in [6.07, 6.45) is 1.44. The topological polar surface area (TPSA) is 181 Å². The maximum Gasteiger partial charge on any atom is 0.394 e. The molecule has 0 aromatic carbocycles. The number of carbonyl (C=O) groups is 2. The van der Waals surface area contributed by atoms with Crippen LogP contribution in [0.2, 0.25) is 0 Å². The first-order chi connectivity index (χ1) is 8.10. The highest BCUT2D eigenvalue weighted by Crippen LogP contribution is 1.82. The summed E-state index contributed by atoms with van der Waals surface area (Å²) in [5.74, 6) is -0.657. The fraction of sp³-hybridized carbons (Fsp3) is 0.429. The first-order valence-electron chi connectivity index (χ1n) is 4.22. The lowest BCUT2D eigenvalue weighted by Crippen LogP contribution is -2.19. The molecule has 10 nitrogen and oxygen atoms in total. The lowest BCUT2D eigenvalue weighted by Gasteiger charge is -1.96. The van der Waals surface area contributed by atoms with Crippen molar-refractivity contribution in [1.82, 2.24) is 5.32 Å². The Balaban J connectivity index is 0. The average Bonchev–Trinajstić information content (AvgIpc) is 2.59. The molecule has 1 aliphatic rings. The zero-order valence-electron chi connectivity index (χ0n) is 8.92. The van der Waals surface area contributed by atoms with E-state index in [0.29, 0.717) is 0 Å². The van der Waals surface area contributed by atoms with E-state index < -0.39 is 16.5 Å². The largest absolute Gasteiger partial charge is 0.394 e. The molecule has 0 saturated carbocycles. The van der Waals surface area contributed by atoms with E-state index in [9.17, 15) is 9.59 Å². The van der Waals surface area contributed by atoms with Gasteiger partial charge in [0.2, 0.25) is 0 Å². The molecular weight excluding hydrogens is 274 g/mol. The third-order valence-corrected chi connectivity index (χ3v) is 1.05. The molecule has 0 aliphatic carbocycles. The van der Waals surface area contributed by atoms with Crippen molar-refractivity contribution in [2.75, 3.05) is 13.2 Å². The van der Waals surface area contributed by atoms with Crippen LogP contribution in [-0.2, 0) is 20.0 Å². The predicted molar refractivity (Wildman–Crippen MR) is 56.6 cm³/mol. The maximum absolute atomic E-state index is 10.0. The number of imide groups is 1. The summed E-state index contributed by atoms with van der Waals surface area (Å²) >= 11 is 0. The summed E-state index contributed by atoms with van der Waals surface area (Å²) in [5, 5.41) is 26.0. The molecule has 0 atom stereocenters. The standard InChI is InChI=1S/C4H3NO2.C3H8O3.H2O4S/c6-3-1-2-4(7)5-3;4-1-3(6)2-5;1-5(2,3)4/h1-2H,(H,5,6,7);3-6H,1-2H2;(H2,1,2,3,4). The van der Waals surface area contributed by atoms with Crippen molar-refractivity contribution >= 4 is 22.2 Å². The van der Waals surface area contributed by atoms with Crippen LogP contribution in [0, 0.1) is 0 Å². The molecule has 1 heterocycles. The molecule has 0 radical (unpaired) electrons. The van der Waals surface area contributed by atoms with Gasteiger partial charge in [0, 0.05) is 12.2 Å². The van der Waals surface area contributed by atoms with Crippen LogP contribution in [0.15, 0.2) is 12.2 Å². The molecule has 106 valence electrons. The highest BCUT2D eigenvalue weighted by molar-refractivity contribution is 7.79.